The van der Waals surface area contributed by atoms with Gasteiger partial charge in [0.25, 0.3) is 0 Å². The molecule has 0 spiro atoms. The zero-order valence-electron chi connectivity index (χ0n) is 8.75. The Balaban J connectivity index is 0.00000162. The summed E-state index contributed by atoms with van der Waals surface area (Å²) < 4.78 is 32.1. The average molecular weight is 363 g/mol. The van der Waals surface area contributed by atoms with E-state index in [0.29, 0.717) is 4.47 Å². The van der Waals surface area contributed by atoms with Gasteiger partial charge in [0.15, 0.2) is 6.61 Å². The molecule has 1 saturated heterocycles. The van der Waals surface area contributed by atoms with Crippen LogP contribution < -0.4 is 5.32 Å². The van der Waals surface area contributed by atoms with E-state index in [4.69, 9.17) is 11.6 Å². The van der Waals surface area contributed by atoms with Crippen LogP contribution in [0.15, 0.2) is 22.7 Å². The Hall–Kier alpha value is -0.590. The standard InChI is InChI=1S/C10H7BrClF2NO2.ClH/c11-5-1-2-6(7(12)3-5)8-10(13,14)4-17-9(16)15-8;/h1-3,8H,4H2,(H,15,16);1H/t8-;/m0./s1. The normalized spacial score (nSPS) is 21.6. The molecule has 1 aliphatic heterocycles. The second-order valence-corrected chi connectivity index (χ2v) is 4.90. The molecule has 0 unspecified atom stereocenters. The number of cyclic esters (lactones) is 1. The molecule has 0 saturated carbocycles. The van der Waals surface area contributed by atoms with Crippen molar-refractivity contribution in [3.63, 3.8) is 0 Å². The highest BCUT2D eigenvalue weighted by Gasteiger charge is 2.47. The molecule has 1 atom stereocenters. The van der Waals surface area contributed by atoms with Crippen molar-refractivity contribution in [2.45, 2.75) is 12.0 Å². The van der Waals surface area contributed by atoms with E-state index in [9.17, 15) is 13.6 Å². The van der Waals surface area contributed by atoms with Crippen LogP contribution in [0.1, 0.15) is 11.6 Å². The second kappa shape index (κ2) is 5.59. The minimum Gasteiger partial charge on any atom is -0.443 e. The third-order valence-electron chi connectivity index (χ3n) is 2.35. The van der Waals surface area contributed by atoms with Crippen LogP contribution in [-0.2, 0) is 4.74 Å². The van der Waals surface area contributed by atoms with E-state index in [0.717, 1.165) is 0 Å². The van der Waals surface area contributed by atoms with Crippen LogP contribution in [0.5, 0.6) is 0 Å². The topological polar surface area (TPSA) is 38.3 Å². The van der Waals surface area contributed by atoms with Crippen molar-refractivity contribution in [2.24, 2.45) is 0 Å². The molecular weight excluding hydrogens is 355 g/mol. The molecule has 1 aliphatic rings. The number of ether oxygens (including phenoxy) is 1. The number of carbonyl (C=O) groups excluding carboxylic acids is 1. The first kappa shape index (κ1) is 15.5. The fourth-order valence-electron chi connectivity index (χ4n) is 1.55. The van der Waals surface area contributed by atoms with Gasteiger partial charge in [-0.25, -0.2) is 13.6 Å². The molecule has 1 aromatic carbocycles. The van der Waals surface area contributed by atoms with Gasteiger partial charge < -0.3 is 10.1 Å². The number of nitrogens with one attached hydrogen (secondary N) is 1. The van der Waals surface area contributed by atoms with Gasteiger partial charge in [0.05, 0.1) is 0 Å². The zero-order chi connectivity index (χ0) is 12.6. The van der Waals surface area contributed by atoms with Crippen LogP contribution in [0, 0.1) is 0 Å². The first-order valence-electron chi connectivity index (χ1n) is 4.66. The lowest BCUT2D eigenvalue weighted by Crippen LogP contribution is -2.49. The van der Waals surface area contributed by atoms with Crippen molar-refractivity contribution >= 4 is 46.0 Å². The van der Waals surface area contributed by atoms with Gasteiger partial charge in [-0.15, -0.1) is 12.4 Å². The number of halogens is 5. The molecule has 1 heterocycles. The summed E-state index contributed by atoms with van der Waals surface area (Å²) >= 11 is 9.06. The van der Waals surface area contributed by atoms with Crippen molar-refractivity contribution in [1.82, 2.24) is 5.32 Å². The highest BCUT2D eigenvalue weighted by Crippen LogP contribution is 2.38. The van der Waals surface area contributed by atoms with Crippen LogP contribution in [0.25, 0.3) is 0 Å². The molecule has 1 amide bonds. The van der Waals surface area contributed by atoms with Crippen molar-refractivity contribution in [2.75, 3.05) is 6.61 Å². The Morgan fingerprint density at radius 2 is 2.17 bits per heavy atom. The number of rotatable bonds is 1. The summed E-state index contributed by atoms with van der Waals surface area (Å²) in [4.78, 5) is 11.0. The minimum absolute atomic E-state index is 0. The fourth-order valence-corrected chi connectivity index (χ4v) is 2.33. The minimum atomic E-state index is -3.19. The van der Waals surface area contributed by atoms with E-state index in [-0.39, 0.29) is 23.0 Å². The maximum Gasteiger partial charge on any atom is 0.408 e. The van der Waals surface area contributed by atoms with Gasteiger partial charge in [-0.2, -0.15) is 0 Å². The van der Waals surface area contributed by atoms with Gasteiger partial charge in [-0.3, -0.25) is 0 Å². The van der Waals surface area contributed by atoms with Gasteiger partial charge >= 0.3 is 12.0 Å². The largest absolute Gasteiger partial charge is 0.443 e. The third-order valence-corrected chi connectivity index (χ3v) is 3.17. The van der Waals surface area contributed by atoms with Gasteiger partial charge in [-0.1, -0.05) is 33.6 Å². The molecule has 3 nitrogen and oxygen atoms in total. The number of carbonyl (C=O) groups is 1. The first-order valence-corrected chi connectivity index (χ1v) is 5.83. The average Bonchev–Trinajstić information content (AvgIpc) is 2.23. The van der Waals surface area contributed by atoms with Crippen molar-refractivity contribution in [1.29, 1.82) is 0 Å². The number of alkyl halides is 2. The van der Waals surface area contributed by atoms with E-state index >= 15 is 0 Å². The monoisotopic (exact) mass is 361 g/mol. The van der Waals surface area contributed by atoms with E-state index in [2.05, 4.69) is 26.0 Å². The maximum atomic E-state index is 13.6. The molecule has 18 heavy (non-hydrogen) atoms. The van der Waals surface area contributed by atoms with Crippen molar-refractivity contribution < 1.29 is 18.3 Å². The Kier molecular flexibility index (Phi) is 4.80. The summed E-state index contributed by atoms with van der Waals surface area (Å²) in [7, 11) is 0. The molecule has 100 valence electrons. The molecule has 0 radical (unpaired) electrons. The highest BCUT2D eigenvalue weighted by molar-refractivity contribution is 9.10. The molecule has 2 rings (SSSR count). The van der Waals surface area contributed by atoms with Crippen LogP contribution >= 0.6 is 39.9 Å². The predicted octanol–water partition coefficient (Wildman–Crippen LogP) is 3.94. The summed E-state index contributed by atoms with van der Waals surface area (Å²) in [5.41, 5.74) is 0.163. The zero-order valence-corrected chi connectivity index (χ0v) is 11.9. The summed E-state index contributed by atoms with van der Waals surface area (Å²) in [6, 6.07) is 3.05. The van der Waals surface area contributed by atoms with Gasteiger partial charge in [-0.05, 0) is 17.7 Å². The molecule has 1 fully saturated rings. The second-order valence-electron chi connectivity index (χ2n) is 3.58. The highest BCUT2D eigenvalue weighted by atomic mass is 79.9. The van der Waals surface area contributed by atoms with Crippen LogP contribution in [0.4, 0.5) is 13.6 Å². The first-order chi connectivity index (χ1) is 7.90. The summed E-state index contributed by atoms with van der Waals surface area (Å²) in [5, 5.41) is 2.23. The van der Waals surface area contributed by atoms with E-state index in [1.165, 1.54) is 12.1 Å². The lowest BCUT2D eigenvalue weighted by atomic mass is 10.0. The number of benzene rings is 1. The number of hydrogen-bond acceptors (Lipinski definition) is 2. The van der Waals surface area contributed by atoms with Crippen LogP contribution in [0.2, 0.25) is 5.02 Å². The predicted molar refractivity (Wildman–Crippen MR) is 68.6 cm³/mol. The number of hydrogen-bond donors (Lipinski definition) is 1. The molecular formula is C10H8BrCl2F2NO2. The van der Waals surface area contributed by atoms with Gasteiger partial charge in [0.2, 0.25) is 0 Å². The third kappa shape index (κ3) is 3.05. The van der Waals surface area contributed by atoms with Gasteiger partial charge in [0, 0.05) is 9.50 Å². The fraction of sp³-hybridized carbons (Fsp3) is 0.300. The number of amides is 1. The lowest BCUT2D eigenvalue weighted by molar-refractivity contribution is -0.104. The van der Waals surface area contributed by atoms with E-state index in [1.807, 2.05) is 0 Å². The Bertz CT molecular complexity index is 473. The molecule has 0 bridgehead atoms. The molecule has 0 aromatic heterocycles. The molecule has 1 aromatic rings. The Morgan fingerprint density at radius 1 is 1.50 bits per heavy atom. The number of alkyl carbamates (subject to hydrolysis) is 1. The van der Waals surface area contributed by atoms with Crippen LogP contribution in [0.3, 0.4) is 0 Å². The van der Waals surface area contributed by atoms with Crippen molar-refractivity contribution in [3.8, 4) is 0 Å². The molecule has 1 N–H and O–H groups in total. The van der Waals surface area contributed by atoms with E-state index in [1.54, 1.807) is 6.07 Å². The maximum absolute atomic E-state index is 13.6. The smallest absolute Gasteiger partial charge is 0.408 e. The lowest BCUT2D eigenvalue weighted by Gasteiger charge is -2.32. The molecule has 8 heteroatoms. The Morgan fingerprint density at radius 3 is 2.78 bits per heavy atom. The summed E-state index contributed by atoms with van der Waals surface area (Å²) in [5.74, 6) is -3.19. The van der Waals surface area contributed by atoms with Crippen LogP contribution in [-0.4, -0.2) is 18.6 Å². The SMILES string of the molecule is Cl.O=C1N[C@@H](c2ccc(Br)cc2Cl)C(F)(F)CO1. The summed E-state index contributed by atoms with van der Waals surface area (Å²) in [6.07, 6.45) is -0.875. The molecule has 0 aliphatic carbocycles. The Labute approximate surface area is 121 Å². The van der Waals surface area contributed by atoms with Gasteiger partial charge in [0.1, 0.15) is 6.04 Å². The van der Waals surface area contributed by atoms with E-state index < -0.39 is 24.7 Å². The summed E-state index contributed by atoms with van der Waals surface area (Å²) in [6.45, 7) is -0.949. The van der Waals surface area contributed by atoms with Crippen molar-refractivity contribution in [3.05, 3.63) is 33.3 Å². The quantitative estimate of drug-likeness (QED) is 0.821.